The molecule has 0 amide bonds. The molecule has 1 heterocycles. The van der Waals surface area contributed by atoms with Crippen molar-refractivity contribution in [3.63, 3.8) is 0 Å². The van der Waals surface area contributed by atoms with Crippen LogP contribution >= 0.6 is 0 Å². The summed E-state index contributed by atoms with van der Waals surface area (Å²) in [4.78, 5) is 2.38. The summed E-state index contributed by atoms with van der Waals surface area (Å²) in [7, 11) is 0. The Morgan fingerprint density at radius 3 is 2.28 bits per heavy atom. The third-order valence-electron chi connectivity index (χ3n) is 2.83. The Hall–Kier alpha value is -1.20. The van der Waals surface area contributed by atoms with E-state index in [4.69, 9.17) is 10.5 Å². The number of aromatic nitrogens is 2. The van der Waals surface area contributed by atoms with Crippen molar-refractivity contribution in [2.24, 2.45) is 5.73 Å². The molecule has 0 aromatic carbocycles. The fraction of sp³-hybridized carbons (Fsp3) is 0.692. The van der Waals surface area contributed by atoms with Crippen LogP contribution in [0.1, 0.15) is 33.4 Å². The summed E-state index contributed by atoms with van der Waals surface area (Å²) in [6, 6.07) is 4.67. The summed E-state index contributed by atoms with van der Waals surface area (Å²) < 4.78 is 5.58. The first-order valence-electron chi connectivity index (χ1n) is 6.45. The maximum absolute atomic E-state index is 5.58. The van der Waals surface area contributed by atoms with Gasteiger partial charge in [0.25, 0.3) is 0 Å². The molecular weight excluding hydrogens is 228 g/mol. The number of hydrogen-bond acceptors (Lipinski definition) is 5. The Morgan fingerprint density at radius 2 is 1.83 bits per heavy atom. The van der Waals surface area contributed by atoms with Gasteiger partial charge in [-0.15, -0.1) is 5.10 Å². The van der Waals surface area contributed by atoms with Crippen molar-refractivity contribution in [2.45, 2.75) is 46.3 Å². The molecule has 0 aliphatic carbocycles. The van der Waals surface area contributed by atoms with Crippen LogP contribution in [0.4, 0.5) is 0 Å². The van der Waals surface area contributed by atoms with Gasteiger partial charge in [0.15, 0.2) is 0 Å². The Kier molecular flexibility index (Phi) is 6.01. The summed E-state index contributed by atoms with van der Waals surface area (Å²) in [5.41, 5.74) is 6.23. The fourth-order valence-corrected chi connectivity index (χ4v) is 1.90. The van der Waals surface area contributed by atoms with E-state index in [2.05, 4.69) is 42.8 Å². The summed E-state index contributed by atoms with van der Waals surface area (Å²) in [6.07, 6.45) is 0. The lowest BCUT2D eigenvalue weighted by molar-refractivity contribution is 0.139. The van der Waals surface area contributed by atoms with Crippen LogP contribution in [0.3, 0.4) is 0 Å². The van der Waals surface area contributed by atoms with Crippen LogP contribution in [0.25, 0.3) is 0 Å². The Bertz CT molecular complexity index is 329. The average molecular weight is 252 g/mol. The van der Waals surface area contributed by atoms with Crippen molar-refractivity contribution in [3.05, 3.63) is 17.8 Å². The van der Waals surface area contributed by atoms with Gasteiger partial charge >= 0.3 is 0 Å². The van der Waals surface area contributed by atoms with Crippen LogP contribution < -0.4 is 10.5 Å². The number of hydrogen-bond donors (Lipinski definition) is 1. The molecule has 1 aromatic rings. The monoisotopic (exact) mass is 252 g/mol. The molecule has 0 unspecified atom stereocenters. The molecule has 0 fully saturated rings. The van der Waals surface area contributed by atoms with Gasteiger partial charge < -0.3 is 10.5 Å². The van der Waals surface area contributed by atoms with E-state index in [1.807, 2.05) is 12.1 Å². The fourth-order valence-electron chi connectivity index (χ4n) is 1.90. The van der Waals surface area contributed by atoms with Crippen LogP contribution in [0, 0.1) is 0 Å². The number of nitrogens with zero attached hydrogens (tertiary/aromatic N) is 3. The first-order chi connectivity index (χ1) is 8.54. The molecule has 2 N–H and O–H groups in total. The second kappa shape index (κ2) is 7.28. The second-order valence-corrected chi connectivity index (χ2v) is 4.84. The number of ether oxygens (including phenoxy) is 1. The summed E-state index contributed by atoms with van der Waals surface area (Å²) >= 11 is 0. The highest BCUT2D eigenvalue weighted by Gasteiger charge is 2.12. The molecule has 0 atom stereocenters. The lowest BCUT2D eigenvalue weighted by Crippen LogP contribution is -2.39. The van der Waals surface area contributed by atoms with Gasteiger partial charge in [-0.2, -0.15) is 5.10 Å². The molecule has 1 aromatic heterocycles. The third-order valence-corrected chi connectivity index (χ3v) is 2.83. The van der Waals surface area contributed by atoms with Crippen LogP contribution in [-0.2, 0) is 6.54 Å². The van der Waals surface area contributed by atoms with Crippen LogP contribution in [0.15, 0.2) is 12.1 Å². The van der Waals surface area contributed by atoms with Crippen molar-refractivity contribution >= 4 is 0 Å². The van der Waals surface area contributed by atoms with Crippen molar-refractivity contribution in [3.8, 4) is 5.88 Å². The van der Waals surface area contributed by atoms with Gasteiger partial charge in [-0.1, -0.05) is 0 Å². The van der Waals surface area contributed by atoms with Gasteiger partial charge in [0, 0.05) is 31.2 Å². The summed E-state index contributed by atoms with van der Waals surface area (Å²) in [6.45, 7) is 10.7. The van der Waals surface area contributed by atoms with Crippen molar-refractivity contribution in [1.82, 2.24) is 15.1 Å². The van der Waals surface area contributed by atoms with E-state index >= 15 is 0 Å². The topological polar surface area (TPSA) is 64.3 Å². The van der Waals surface area contributed by atoms with Gasteiger partial charge in [-0.3, -0.25) is 4.90 Å². The zero-order chi connectivity index (χ0) is 13.5. The largest absolute Gasteiger partial charge is 0.475 e. The zero-order valence-electron chi connectivity index (χ0n) is 11.8. The van der Waals surface area contributed by atoms with E-state index in [-0.39, 0.29) is 0 Å². The molecule has 102 valence electrons. The van der Waals surface area contributed by atoms with Crippen LogP contribution in [0.2, 0.25) is 0 Å². The molecule has 5 nitrogen and oxygen atoms in total. The third kappa shape index (κ3) is 4.58. The molecule has 0 saturated carbocycles. The van der Waals surface area contributed by atoms with Gasteiger partial charge in [0.2, 0.25) is 5.88 Å². The van der Waals surface area contributed by atoms with Crippen molar-refractivity contribution in [2.75, 3.05) is 13.2 Å². The number of rotatable bonds is 7. The lowest BCUT2D eigenvalue weighted by atomic mass is 10.2. The van der Waals surface area contributed by atoms with Gasteiger partial charge in [-0.25, -0.2) is 0 Å². The predicted molar refractivity (Wildman–Crippen MR) is 72.4 cm³/mol. The molecule has 0 bridgehead atoms. The van der Waals surface area contributed by atoms with E-state index < -0.39 is 0 Å². The minimum absolute atomic E-state index is 0.405. The van der Waals surface area contributed by atoms with E-state index in [1.54, 1.807) is 0 Å². The molecule has 0 saturated heterocycles. The average Bonchev–Trinajstić information content (AvgIpc) is 2.34. The minimum atomic E-state index is 0.405. The van der Waals surface area contributed by atoms with Crippen molar-refractivity contribution < 1.29 is 4.74 Å². The zero-order valence-corrected chi connectivity index (χ0v) is 11.8. The van der Waals surface area contributed by atoms with Crippen LogP contribution in [0.5, 0.6) is 5.88 Å². The van der Waals surface area contributed by atoms with E-state index in [9.17, 15) is 0 Å². The maximum Gasteiger partial charge on any atom is 0.233 e. The van der Waals surface area contributed by atoms with E-state index in [0.717, 1.165) is 12.2 Å². The Balaban J connectivity index is 2.40. The summed E-state index contributed by atoms with van der Waals surface area (Å²) in [5.74, 6) is 0.555. The van der Waals surface area contributed by atoms with Gasteiger partial charge in [0.1, 0.15) is 6.61 Å². The standard InChI is InChI=1S/C13H24N4O/c1-10(2)17(11(3)4)7-8-18-13-6-5-12(9-14)15-16-13/h5-6,10-11H,7-9,14H2,1-4H3. The number of nitrogens with two attached hydrogens (primary N) is 1. The maximum atomic E-state index is 5.58. The summed E-state index contributed by atoms with van der Waals surface area (Å²) in [5, 5.41) is 7.92. The highest BCUT2D eigenvalue weighted by atomic mass is 16.5. The molecule has 0 radical (unpaired) electrons. The molecule has 5 heteroatoms. The predicted octanol–water partition coefficient (Wildman–Crippen LogP) is 1.43. The smallest absolute Gasteiger partial charge is 0.233 e. The first-order valence-corrected chi connectivity index (χ1v) is 6.45. The van der Waals surface area contributed by atoms with Gasteiger partial charge in [-0.05, 0) is 33.8 Å². The highest BCUT2D eigenvalue weighted by molar-refractivity contribution is 5.11. The van der Waals surface area contributed by atoms with Gasteiger partial charge in [0.05, 0.1) is 5.69 Å². The normalized spacial score (nSPS) is 11.6. The van der Waals surface area contributed by atoms with E-state index in [0.29, 0.717) is 31.1 Å². The quantitative estimate of drug-likeness (QED) is 0.795. The molecule has 1 rings (SSSR count). The van der Waals surface area contributed by atoms with Crippen LogP contribution in [-0.4, -0.2) is 40.3 Å². The molecule has 0 aliphatic heterocycles. The second-order valence-electron chi connectivity index (χ2n) is 4.84. The molecular formula is C13H24N4O. The SMILES string of the molecule is CC(C)N(CCOc1ccc(CN)nn1)C(C)C. The highest BCUT2D eigenvalue weighted by Crippen LogP contribution is 2.07. The minimum Gasteiger partial charge on any atom is -0.475 e. The van der Waals surface area contributed by atoms with E-state index in [1.165, 1.54) is 0 Å². The Labute approximate surface area is 109 Å². The Morgan fingerprint density at radius 1 is 1.17 bits per heavy atom. The van der Waals surface area contributed by atoms with Crippen molar-refractivity contribution in [1.29, 1.82) is 0 Å². The lowest BCUT2D eigenvalue weighted by Gasteiger charge is -2.30. The first kappa shape index (κ1) is 14.9. The molecule has 18 heavy (non-hydrogen) atoms. The molecule has 0 spiro atoms. The molecule has 0 aliphatic rings.